The smallest absolute Gasteiger partial charge is 0.137 e. The van der Waals surface area contributed by atoms with Crippen LogP contribution in [-0.4, -0.2) is 9.38 Å². The van der Waals surface area contributed by atoms with Gasteiger partial charge in [0.15, 0.2) is 0 Å². The fourth-order valence-corrected chi connectivity index (χ4v) is 2.23. The highest BCUT2D eigenvalue weighted by atomic mass is 15.0. The number of hydrogen-bond donors (Lipinski definition) is 0. The van der Waals surface area contributed by atoms with Crippen LogP contribution >= 0.6 is 0 Å². The quantitative estimate of drug-likeness (QED) is 0.696. The number of aryl methyl sites for hydroxylation is 1. The maximum Gasteiger partial charge on any atom is 0.137 e. The molecule has 1 aromatic carbocycles. The normalized spacial score (nSPS) is 10.5. The molecule has 0 aliphatic heterocycles. The summed E-state index contributed by atoms with van der Waals surface area (Å²) in [4.78, 5) is 4.64. The van der Waals surface area contributed by atoms with Crippen molar-refractivity contribution in [2.24, 2.45) is 0 Å². The number of nitrogens with zero attached hydrogens (tertiary/aromatic N) is 3. The monoisotopic (exact) mass is 247 g/mol. The Hall–Kier alpha value is -2.60. The third kappa shape index (κ3) is 1.98. The van der Waals surface area contributed by atoms with Crippen LogP contribution in [0.25, 0.3) is 16.9 Å². The number of rotatable bonds is 2. The molecule has 0 atom stereocenters. The first-order chi connectivity index (χ1) is 9.29. The van der Waals surface area contributed by atoms with Crippen molar-refractivity contribution in [2.45, 2.75) is 13.3 Å². The average Bonchev–Trinajstić information content (AvgIpc) is 2.79. The number of aromatic nitrogens is 2. The molecule has 2 heterocycles. The zero-order valence-electron chi connectivity index (χ0n) is 10.7. The summed E-state index contributed by atoms with van der Waals surface area (Å²) in [7, 11) is 0. The summed E-state index contributed by atoms with van der Waals surface area (Å²) in [5, 5.41) is 9.02. The van der Waals surface area contributed by atoms with E-state index in [1.54, 1.807) is 0 Å². The van der Waals surface area contributed by atoms with Crippen molar-refractivity contribution in [1.82, 2.24) is 9.38 Å². The minimum atomic E-state index is 0.356. The van der Waals surface area contributed by atoms with Crippen molar-refractivity contribution < 1.29 is 0 Å². The molecule has 92 valence electrons. The van der Waals surface area contributed by atoms with Gasteiger partial charge in [0.25, 0.3) is 0 Å². The molecule has 0 aliphatic carbocycles. The maximum atomic E-state index is 9.02. The van der Waals surface area contributed by atoms with Crippen molar-refractivity contribution in [3.05, 3.63) is 59.9 Å². The summed E-state index contributed by atoms with van der Waals surface area (Å²) in [6.45, 7) is 2.06. The van der Waals surface area contributed by atoms with Crippen molar-refractivity contribution in [2.75, 3.05) is 0 Å². The van der Waals surface area contributed by atoms with Gasteiger partial charge in [0.05, 0.1) is 23.9 Å². The fourth-order valence-electron chi connectivity index (χ4n) is 2.23. The molecule has 19 heavy (non-hydrogen) atoms. The second-order valence-corrected chi connectivity index (χ2v) is 4.54. The Balaban J connectivity index is 2.25. The van der Waals surface area contributed by atoms with Crippen LogP contribution in [0.4, 0.5) is 0 Å². The van der Waals surface area contributed by atoms with E-state index in [4.69, 9.17) is 5.26 Å². The Labute approximate surface area is 111 Å². The number of hydrogen-bond acceptors (Lipinski definition) is 2. The van der Waals surface area contributed by atoms with E-state index in [0.717, 1.165) is 22.6 Å². The van der Waals surface area contributed by atoms with Crippen molar-refractivity contribution >= 4 is 5.65 Å². The number of nitriles is 1. The van der Waals surface area contributed by atoms with Gasteiger partial charge >= 0.3 is 0 Å². The van der Waals surface area contributed by atoms with Gasteiger partial charge in [-0.15, -0.1) is 0 Å². The molecule has 0 fully saturated rings. The molecular formula is C16H13N3. The topological polar surface area (TPSA) is 41.1 Å². The lowest BCUT2D eigenvalue weighted by molar-refractivity contribution is 1.06. The summed E-state index contributed by atoms with van der Waals surface area (Å²) in [5.41, 5.74) is 4.99. The SMILES string of the molecule is Cc1ccc(-c2nc3ccccn3c2CC#N)cc1. The van der Waals surface area contributed by atoms with E-state index in [0.29, 0.717) is 6.42 Å². The molecular weight excluding hydrogens is 234 g/mol. The Morgan fingerprint density at radius 1 is 1.16 bits per heavy atom. The largest absolute Gasteiger partial charge is 0.302 e. The van der Waals surface area contributed by atoms with E-state index in [1.807, 2.05) is 28.8 Å². The van der Waals surface area contributed by atoms with E-state index >= 15 is 0 Å². The molecule has 0 amide bonds. The zero-order chi connectivity index (χ0) is 13.2. The first kappa shape index (κ1) is 11.5. The first-order valence-corrected chi connectivity index (χ1v) is 6.19. The van der Waals surface area contributed by atoms with E-state index in [9.17, 15) is 0 Å². The van der Waals surface area contributed by atoms with Crippen LogP contribution in [0.15, 0.2) is 48.7 Å². The molecule has 3 aromatic rings. The average molecular weight is 247 g/mol. The Morgan fingerprint density at radius 3 is 2.68 bits per heavy atom. The highest BCUT2D eigenvalue weighted by Crippen LogP contribution is 2.25. The Bertz CT molecular complexity index is 761. The molecule has 0 saturated heterocycles. The highest BCUT2D eigenvalue weighted by molar-refractivity contribution is 5.67. The van der Waals surface area contributed by atoms with E-state index in [2.05, 4.69) is 42.2 Å². The van der Waals surface area contributed by atoms with Crippen LogP contribution in [0.1, 0.15) is 11.3 Å². The van der Waals surface area contributed by atoms with Gasteiger partial charge in [-0.1, -0.05) is 35.9 Å². The molecule has 0 unspecified atom stereocenters. The molecule has 3 heteroatoms. The number of pyridine rings is 1. The molecule has 0 bridgehead atoms. The van der Waals surface area contributed by atoms with E-state index < -0.39 is 0 Å². The number of fused-ring (bicyclic) bond motifs is 1. The third-order valence-electron chi connectivity index (χ3n) is 3.20. The summed E-state index contributed by atoms with van der Waals surface area (Å²) in [5.74, 6) is 0. The number of imidazole rings is 1. The van der Waals surface area contributed by atoms with Gasteiger partial charge in [-0.25, -0.2) is 4.98 Å². The lowest BCUT2D eigenvalue weighted by Crippen LogP contribution is -1.92. The molecule has 3 nitrogen and oxygen atoms in total. The van der Waals surface area contributed by atoms with Gasteiger partial charge in [0.2, 0.25) is 0 Å². The van der Waals surface area contributed by atoms with Crippen LogP contribution in [-0.2, 0) is 6.42 Å². The van der Waals surface area contributed by atoms with Gasteiger partial charge in [-0.05, 0) is 19.1 Å². The summed E-state index contributed by atoms with van der Waals surface area (Å²) >= 11 is 0. The molecule has 0 radical (unpaired) electrons. The molecule has 0 aliphatic rings. The molecule has 0 saturated carbocycles. The minimum Gasteiger partial charge on any atom is -0.302 e. The van der Waals surface area contributed by atoms with Crippen molar-refractivity contribution in [3.8, 4) is 17.3 Å². The summed E-state index contributed by atoms with van der Waals surface area (Å²) in [6.07, 6.45) is 2.31. The van der Waals surface area contributed by atoms with E-state index in [-0.39, 0.29) is 0 Å². The molecule has 0 spiro atoms. The molecule has 2 aromatic heterocycles. The molecule has 0 N–H and O–H groups in total. The zero-order valence-corrected chi connectivity index (χ0v) is 10.7. The van der Waals surface area contributed by atoms with Crippen molar-refractivity contribution in [3.63, 3.8) is 0 Å². The molecule has 3 rings (SSSR count). The van der Waals surface area contributed by atoms with Gasteiger partial charge in [0, 0.05) is 11.8 Å². The first-order valence-electron chi connectivity index (χ1n) is 6.19. The summed E-state index contributed by atoms with van der Waals surface area (Å²) < 4.78 is 1.98. The van der Waals surface area contributed by atoms with Crippen LogP contribution < -0.4 is 0 Å². The lowest BCUT2D eigenvalue weighted by Gasteiger charge is -2.01. The van der Waals surface area contributed by atoms with Crippen molar-refractivity contribution in [1.29, 1.82) is 5.26 Å². The second-order valence-electron chi connectivity index (χ2n) is 4.54. The van der Waals surface area contributed by atoms with Gasteiger partial charge < -0.3 is 4.40 Å². The van der Waals surface area contributed by atoms with Crippen LogP contribution in [0, 0.1) is 18.3 Å². The standard InChI is InChI=1S/C16H13N3/c1-12-5-7-13(8-6-12)16-14(9-10-17)19-11-3-2-4-15(19)18-16/h2-8,11H,9H2,1H3. The lowest BCUT2D eigenvalue weighted by atomic mass is 10.1. The highest BCUT2D eigenvalue weighted by Gasteiger charge is 2.12. The minimum absolute atomic E-state index is 0.356. The van der Waals surface area contributed by atoms with Crippen LogP contribution in [0.3, 0.4) is 0 Å². The van der Waals surface area contributed by atoms with Crippen LogP contribution in [0.2, 0.25) is 0 Å². The van der Waals surface area contributed by atoms with Gasteiger partial charge in [-0.2, -0.15) is 5.26 Å². The van der Waals surface area contributed by atoms with E-state index in [1.165, 1.54) is 5.56 Å². The Morgan fingerprint density at radius 2 is 1.95 bits per heavy atom. The Kier molecular flexibility index (Phi) is 2.77. The predicted octanol–water partition coefficient (Wildman–Crippen LogP) is 3.38. The third-order valence-corrected chi connectivity index (χ3v) is 3.20. The van der Waals surface area contributed by atoms with Crippen LogP contribution in [0.5, 0.6) is 0 Å². The van der Waals surface area contributed by atoms with Gasteiger partial charge in [-0.3, -0.25) is 0 Å². The predicted molar refractivity (Wildman–Crippen MR) is 74.7 cm³/mol. The summed E-state index contributed by atoms with van der Waals surface area (Å²) in [6, 6.07) is 16.3. The fraction of sp³-hybridized carbons (Fsp3) is 0.125. The second kappa shape index (κ2) is 4.58. The van der Waals surface area contributed by atoms with Gasteiger partial charge in [0.1, 0.15) is 5.65 Å². The number of benzene rings is 1. The maximum absolute atomic E-state index is 9.02.